The summed E-state index contributed by atoms with van der Waals surface area (Å²) in [6, 6.07) is 11.5. The molecule has 27 heavy (non-hydrogen) atoms. The molecule has 3 N–H and O–H groups in total. The lowest BCUT2D eigenvalue weighted by atomic mass is 10.2. The van der Waals surface area contributed by atoms with Gasteiger partial charge in [0, 0.05) is 11.1 Å². The molecule has 0 unspecified atom stereocenters. The summed E-state index contributed by atoms with van der Waals surface area (Å²) in [6.45, 7) is 2.17. The first-order chi connectivity index (χ1) is 13.0. The topological polar surface area (TPSA) is 109 Å². The molecule has 0 aromatic heterocycles. The molecule has 8 nitrogen and oxygen atoms in total. The second-order valence-corrected chi connectivity index (χ2v) is 5.33. The van der Waals surface area contributed by atoms with Gasteiger partial charge in [-0.2, -0.15) is 5.10 Å². The number of phenols is 1. The zero-order valence-electron chi connectivity index (χ0n) is 15.1. The molecular formula is C19H21N3O5. The second kappa shape index (κ2) is 9.81. The Hall–Kier alpha value is -3.55. The fourth-order valence-corrected chi connectivity index (χ4v) is 2.15. The number of rotatable bonds is 8. The maximum atomic E-state index is 12.0. The highest BCUT2D eigenvalue weighted by Gasteiger charge is 2.08. The Morgan fingerprint density at radius 2 is 1.93 bits per heavy atom. The maximum Gasteiger partial charge on any atom is 0.259 e. The molecule has 2 aromatic carbocycles. The summed E-state index contributed by atoms with van der Waals surface area (Å²) in [7, 11) is 1.44. The lowest BCUT2D eigenvalue weighted by Gasteiger charge is -2.06. The number of phenolic OH excluding ortho intramolecular Hbond substituents is 1. The van der Waals surface area contributed by atoms with Crippen LogP contribution in [0, 0.1) is 0 Å². The number of hydrogen-bond donors (Lipinski definition) is 3. The van der Waals surface area contributed by atoms with Crippen LogP contribution in [0.25, 0.3) is 0 Å². The minimum Gasteiger partial charge on any atom is -0.504 e. The Morgan fingerprint density at radius 3 is 2.59 bits per heavy atom. The summed E-state index contributed by atoms with van der Waals surface area (Å²) in [5.74, 6) is -0.00726. The van der Waals surface area contributed by atoms with Crippen LogP contribution >= 0.6 is 0 Å². The van der Waals surface area contributed by atoms with Gasteiger partial charge in [-0.25, -0.2) is 5.43 Å². The Balaban J connectivity index is 1.83. The van der Waals surface area contributed by atoms with Crippen molar-refractivity contribution in [2.45, 2.75) is 6.92 Å². The van der Waals surface area contributed by atoms with E-state index in [2.05, 4.69) is 15.8 Å². The van der Waals surface area contributed by atoms with Crippen molar-refractivity contribution in [3.05, 3.63) is 53.6 Å². The molecule has 0 saturated heterocycles. The summed E-state index contributed by atoms with van der Waals surface area (Å²) < 4.78 is 10.3. The van der Waals surface area contributed by atoms with Crippen LogP contribution < -0.4 is 20.2 Å². The number of nitrogens with zero attached hydrogens (tertiary/aromatic N) is 1. The van der Waals surface area contributed by atoms with E-state index in [0.717, 1.165) is 0 Å². The Kier molecular flexibility index (Phi) is 7.18. The van der Waals surface area contributed by atoms with E-state index in [1.165, 1.54) is 13.3 Å². The van der Waals surface area contributed by atoms with E-state index >= 15 is 0 Å². The predicted octanol–water partition coefficient (Wildman–Crippen LogP) is 1.68. The Bertz CT molecular complexity index is 819. The number of aromatic hydroxyl groups is 1. The molecule has 0 aliphatic carbocycles. The average Bonchev–Trinajstić information content (AvgIpc) is 2.68. The van der Waals surface area contributed by atoms with Crippen LogP contribution in [-0.4, -0.2) is 43.4 Å². The minimum atomic E-state index is -0.507. The molecule has 0 radical (unpaired) electrons. The van der Waals surface area contributed by atoms with E-state index in [1.807, 2.05) is 6.92 Å². The van der Waals surface area contributed by atoms with Gasteiger partial charge in [0.1, 0.15) is 5.75 Å². The molecule has 0 heterocycles. The molecule has 142 valence electrons. The van der Waals surface area contributed by atoms with E-state index in [4.69, 9.17) is 9.47 Å². The van der Waals surface area contributed by atoms with Gasteiger partial charge in [0.25, 0.3) is 11.8 Å². The van der Waals surface area contributed by atoms with E-state index in [-0.39, 0.29) is 18.2 Å². The number of carbonyl (C=O) groups excluding carboxylic acids is 2. The lowest BCUT2D eigenvalue weighted by molar-refractivity contribution is -0.120. The first-order valence-corrected chi connectivity index (χ1v) is 8.24. The summed E-state index contributed by atoms with van der Waals surface area (Å²) in [4.78, 5) is 23.8. The summed E-state index contributed by atoms with van der Waals surface area (Å²) in [6.07, 6.45) is 1.28. The molecule has 0 saturated carbocycles. The molecule has 2 rings (SSSR count). The van der Waals surface area contributed by atoms with Gasteiger partial charge in [-0.15, -0.1) is 0 Å². The quantitative estimate of drug-likeness (QED) is 0.483. The highest BCUT2D eigenvalue weighted by atomic mass is 16.5. The smallest absolute Gasteiger partial charge is 0.259 e. The highest BCUT2D eigenvalue weighted by molar-refractivity contribution is 5.96. The van der Waals surface area contributed by atoms with Crippen molar-refractivity contribution >= 4 is 18.0 Å². The zero-order valence-corrected chi connectivity index (χ0v) is 15.1. The number of ether oxygens (including phenoxy) is 2. The van der Waals surface area contributed by atoms with Crippen molar-refractivity contribution < 1.29 is 24.2 Å². The normalized spacial score (nSPS) is 10.4. The second-order valence-electron chi connectivity index (χ2n) is 5.33. The SMILES string of the molecule is CCOc1ccc(C(=O)NCC(=O)N/N=C\c2cccc(OC)c2O)cc1. The van der Waals surface area contributed by atoms with Crippen molar-refractivity contribution in [2.75, 3.05) is 20.3 Å². The predicted molar refractivity (Wildman–Crippen MR) is 100 cm³/mol. The van der Waals surface area contributed by atoms with Crippen LogP contribution in [-0.2, 0) is 4.79 Å². The number of hydrogen-bond acceptors (Lipinski definition) is 6. The molecule has 0 bridgehead atoms. The fraction of sp³-hybridized carbons (Fsp3) is 0.211. The molecule has 0 fully saturated rings. The number of carbonyl (C=O) groups is 2. The number of methoxy groups -OCH3 is 1. The van der Waals surface area contributed by atoms with Crippen LogP contribution in [0.4, 0.5) is 0 Å². The number of benzene rings is 2. The van der Waals surface area contributed by atoms with Crippen LogP contribution in [0.1, 0.15) is 22.8 Å². The largest absolute Gasteiger partial charge is 0.504 e. The zero-order chi connectivity index (χ0) is 19.6. The van der Waals surface area contributed by atoms with Gasteiger partial charge in [-0.05, 0) is 43.3 Å². The average molecular weight is 371 g/mol. The van der Waals surface area contributed by atoms with Crippen molar-refractivity contribution in [3.63, 3.8) is 0 Å². The van der Waals surface area contributed by atoms with Crippen molar-refractivity contribution in [3.8, 4) is 17.2 Å². The monoisotopic (exact) mass is 371 g/mol. The van der Waals surface area contributed by atoms with Gasteiger partial charge in [-0.1, -0.05) is 6.07 Å². The number of nitrogens with one attached hydrogen (secondary N) is 2. The molecule has 2 amide bonds. The van der Waals surface area contributed by atoms with Crippen molar-refractivity contribution in [1.29, 1.82) is 0 Å². The Labute approximate surface area is 156 Å². The number of amides is 2. The fourth-order valence-electron chi connectivity index (χ4n) is 2.15. The van der Waals surface area contributed by atoms with Crippen molar-refractivity contribution in [2.24, 2.45) is 5.10 Å². The highest BCUT2D eigenvalue weighted by Crippen LogP contribution is 2.27. The van der Waals surface area contributed by atoms with Gasteiger partial charge >= 0.3 is 0 Å². The molecule has 0 spiro atoms. The van der Waals surface area contributed by atoms with E-state index in [0.29, 0.717) is 29.2 Å². The summed E-state index contributed by atoms with van der Waals surface area (Å²) >= 11 is 0. The minimum absolute atomic E-state index is 0.0817. The molecule has 8 heteroatoms. The third kappa shape index (κ3) is 5.74. The van der Waals surface area contributed by atoms with Gasteiger partial charge < -0.3 is 19.9 Å². The van der Waals surface area contributed by atoms with E-state index in [9.17, 15) is 14.7 Å². The molecule has 0 aliphatic rings. The first-order valence-electron chi connectivity index (χ1n) is 8.24. The van der Waals surface area contributed by atoms with Crippen LogP contribution in [0.2, 0.25) is 0 Å². The maximum absolute atomic E-state index is 12.0. The van der Waals surface area contributed by atoms with Crippen LogP contribution in [0.5, 0.6) is 17.2 Å². The third-order valence-electron chi connectivity index (χ3n) is 3.48. The molecule has 2 aromatic rings. The number of para-hydroxylation sites is 1. The molecular weight excluding hydrogens is 350 g/mol. The van der Waals surface area contributed by atoms with Gasteiger partial charge in [0.15, 0.2) is 11.5 Å². The molecule has 0 aliphatic heterocycles. The van der Waals surface area contributed by atoms with E-state index in [1.54, 1.807) is 42.5 Å². The van der Waals surface area contributed by atoms with Crippen LogP contribution in [0.15, 0.2) is 47.6 Å². The van der Waals surface area contributed by atoms with Crippen molar-refractivity contribution in [1.82, 2.24) is 10.7 Å². The first kappa shape index (κ1) is 19.8. The Morgan fingerprint density at radius 1 is 1.19 bits per heavy atom. The van der Waals surface area contributed by atoms with Gasteiger partial charge in [0.2, 0.25) is 0 Å². The third-order valence-corrected chi connectivity index (χ3v) is 3.48. The van der Waals surface area contributed by atoms with Crippen LogP contribution in [0.3, 0.4) is 0 Å². The van der Waals surface area contributed by atoms with E-state index < -0.39 is 5.91 Å². The molecule has 0 atom stereocenters. The lowest BCUT2D eigenvalue weighted by Crippen LogP contribution is -2.34. The number of hydrazone groups is 1. The summed E-state index contributed by atoms with van der Waals surface area (Å²) in [5.41, 5.74) is 3.07. The van der Waals surface area contributed by atoms with Gasteiger partial charge in [0.05, 0.1) is 26.5 Å². The summed E-state index contributed by atoms with van der Waals surface area (Å²) in [5, 5.41) is 16.2. The standard InChI is InChI=1S/C19H21N3O5/c1-3-27-15-9-7-13(8-10-15)19(25)20-12-17(23)22-21-11-14-5-4-6-16(26-2)18(14)24/h4-11,24H,3,12H2,1-2H3,(H,20,25)(H,22,23)/b21-11-. The van der Waals surface area contributed by atoms with Gasteiger partial charge in [-0.3, -0.25) is 9.59 Å².